The lowest BCUT2D eigenvalue weighted by molar-refractivity contribution is 0.102. The minimum atomic E-state index is -0.250. The molecule has 4 heteroatoms. The van der Waals surface area contributed by atoms with Crippen molar-refractivity contribution in [3.63, 3.8) is 0 Å². The van der Waals surface area contributed by atoms with E-state index in [0.29, 0.717) is 11.4 Å². The summed E-state index contributed by atoms with van der Waals surface area (Å²) in [5, 5.41) is 11.6. The summed E-state index contributed by atoms with van der Waals surface area (Å²) in [5.41, 5.74) is 3.61. The van der Waals surface area contributed by atoms with Crippen LogP contribution in [0, 0.1) is 25.7 Å². The molecule has 1 aromatic carbocycles. The maximum absolute atomic E-state index is 12.2. The van der Waals surface area contributed by atoms with Crippen LogP contribution in [0.5, 0.6) is 0 Å². The van der Waals surface area contributed by atoms with E-state index >= 15 is 0 Å². The van der Waals surface area contributed by atoms with Gasteiger partial charge in [0.2, 0.25) is 0 Å². The van der Waals surface area contributed by atoms with Crippen LogP contribution in [0.15, 0.2) is 36.5 Å². The third-order valence-corrected chi connectivity index (χ3v) is 2.87. The maximum atomic E-state index is 12.2. The second-order valence-corrected chi connectivity index (χ2v) is 4.67. The third-order valence-electron chi connectivity index (χ3n) is 2.87. The average molecular weight is 280 g/mol. The summed E-state index contributed by atoms with van der Waals surface area (Å²) >= 11 is 0. The molecule has 0 unspecified atom stereocenters. The molecular formula is C17H16N2O2. The van der Waals surface area contributed by atoms with Gasteiger partial charge in [0.1, 0.15) is 12.3 Å². The number of anilines is 1. The lowest BCUT2D eigenvalue weighted by atomic mass is 10.1. The molecule has 1 heterocycles. The van der Waals surface area contributed by atoms with Crippen LogP contribution >= 0.6 is 0 Å². The Kier molecular flexibility index (Phi) is 4.70. The van der Waals surface area contributed by atoms with Crippen molar-refractivity contribution in [2.75, 3.05) is 11.9 Å². The molecule has 1 amide bonds. The minimum absolute atomic E-state index is 0.192. The molecule has 1 aromatic heterocycles. The van der Waals surface area contributed by atoms with Gasteiger partial charge >= 0.3 is 0 Å². The molecule has 0 aliphatic heterocycles. The van der Waals surface area contributed by atoms with Gasteiger partial charge in [-0.1, -0.05) is 17.9 Å². The number of aliphatic hydroxyl groups is 1. The number of aryl methyl sites for hydroxylation is 2. The summed E-state index contributed by atoms with van der Waals surface area (Å²) in [4.78, 5) is 16.3. The summed E-state index contributed by atoms with van der Waals surface area (Å²) in [5.74, 6) is 5.18. The molecule has 0 aliphatic carbocycles. The van der Waals surface area contributed by atoms with E-state index in [9.17, 15) is 4.79 Å². The smallest absolute Gasteiger partial charge is 0.274 e. The van der Waals surface area contributed by atoms with E-state index in [4.69, 9.17) is 5.11 Å². The zero-order valence-electron chi connectivity index (χ0n) is 12.0. The molecule has 2 N–H and O–H groups in total. The second kappa shape index (κ2) is 6.69. The number of aliphatic hydroxyl groups excluding tert-OH is 1. The van der Waals surface area contributed by atoms with Gasteiger partial charge in [-0.3, -0.25) is 9.78 Å². The third kappa shape index (κ3) is 3.91. The number of amides is 1. The Hall–Kier alpha value is -2.64. The van der Waals surface area contributed by atoms with Crippen LogP contribution in [0.25, 0.3) is 0 Å². The maximum Gasteiger partial charge on any atom is 0.274 e. The summed E-state index contributed by atoms with van der Waals surface area (Å²) in [6, 6.07) is 9.16. The molecule has 21 heavy (non-hydrogen) atoms. The molecular weight excluding hydrogens is 264 g/mol. The lowest BCUT2D eigenvalue weighted by Crippen LogP contribution is -2.15. The van der Waals surface area contributed by atoms with Crippen molar-refractivity contribution in [2.24, 2.45) is 0 Å². The van der Waals surface area contributed by atoms with Crippen LogP contribution in [0.4, 0.5) is 5.69 Å². The van der Waals surface area contributed by atoms with Gasteiger partial charge in [0.15, 0.2) is 0 Å². The topological polar surface area (TPSA) is 62.2 Å². The lowest BCUT2D eigenvalue weighted by Gasteiger charge is -2.08. The van der Waals surface area contributed by atoms with Crippen molar-refractivity contribution >= 4 is 11.6 Å². The van der Waals surface area contributed by atoms with Crippen LogP contribution in [-0.2, 0) is 0 Å². The van der Waals surface area contributed by atoms with Gasteiger partial charge in [-0.25, -0.2) is 0 Å². The number of nitrogens with one attached hydrogen (secondary N) is 1. The van der Waals surface area contributed by atoms with Crippen molar-refractivity contribution < 1.29 is 9.90 Å². The van der Waals surface area contributed by atoms with E-state index in [2.05, 4.69) is 22.1 Å². The summed E-state index contributed by atoms with van der Waals surface area (Å²) in [6.07, 6.45) is 1.59. The van der Waals surface area contributed by atoms with Gasteiger partial charge < -0.3 is 10.4 Å². The van der Waals surface area contributed by atoms with Gasteiger partial charge in [0.25, 0.3) is 5.91 Å². The van der Waals surface area contributed by atoms with E-state index in [1.54, 1.807) is 18.3 Å². The monoisotopic (exact) mass is 280 g/mol. The van der Waals surface area contributed by atoms with Crippen LogP contribution in [0.1, 0.15) is 27.2 Å². The molecule has 0 bridgehead atoms. The van der Waals surface area contributed by atoms with E-state index in [0.717, 1.165) is 16.7 Å². The molecule has 4 nitrogen and oxygen atoms in total. The highest BCUT2D eigenvalue weighted by Crippen LogP contribution is 2.15. The largest absolute Gasteiger partial charge is 0.384 e. The Labute approximate surface area is 123 Å². The van der Waals surface area contributed by atoms with Crippen LogP contribution in [-0.4, -0.2) is 22.6 Å². The molecule has 0 saturated heterocycles. The predicted molar refractivity (Wildman–Crippen MR) is 82.1 cm³/mol. The minimum Gasteiger partial charge on any atom is -0.384 e. The first kappa shape index (κ1) is 14.8. The number of nitrogens with zero attached hydrogens (tertiary/aromatic N) is 1. The number of rotatable bonds is 2. The molecule has 106 valence electrons. The number of hydrogen-bond acceptors (Lipinski definition) is 3. The fraction of sp³-hybridized carbons (Fsp3) is 0.176. The van der Waals surface area contributed by atoms with Gasteiger partial charge in [-0.15, -0.1) is 0 Å². The summed E-state index contributed by atoms with van der Waals surface area (Å²) in [6.45, 7) is 3.57. The zero-order chi connectivity index (χ0) is 15.2. The fourth-order valence-electron chi connectivity index (χ4n) is 1.98. The van der Waals surface area contributed by atoms with Gasteiger partial charge in [-0.05, 0) is 49.2 Å². The van der Waals surface area contributed by atoms with Crippen molar-refractivity contribution in [1.82, 2.24) is 4.98 Å². The number of aromatic nitrogens is 1. The molecule has 0 saturated carbocycles. The van der Waals surface area contributed by atoms with Crippen LogP contribution < -0.4 is 5.32 Å². The molecule has 0 atom stereocenters. The van der Waals surface area contributed by atoms with Gasteiger partial charge in [-0.2, -0.15) is 0 Å². The Morgan fingerprint density at radius 2 is 2.14 bits per heavy atom. The summed E-state index contributed by atoms with van der Waals surface area (Å²) < 4.78 is 0. The Morgan fingerprint density at radius 1 is 1.33 bits per heavy atom. The van der Waals surface area contributed by atoms with Crippen molar-refractivity contribution in [3.8, 4) is 11.8 Å². The molecule has 0 fully saturated rings. The molecule has 0 radical (unpaired) electrons. The highest BCUT2D eigenvalue weighted by atomic mass is 16.2. The standard InChI is InChI=1S/C17H16N2O2/c1-12-9-14(6-4-8-20)11-15(10-12)19-17(21)16-13(2)5-3-7-18-16/h3,5,7,9-11,20H,8H2,1-2H3,(H,19,21). The van der Waals surface area contributed by atoms with E-state index in [-0.39, 0.29) is 12.5 Å². The Morgan fingerprint density at radius 3 is 2.86 bits per heavy atom. The van der Waals surface area contributed by atoms with Crippen LogP contribution in [0.2, 0.25) is 0 Å². The Balaban J connectivity index is 2.25. The highest BCUT2D eigenvalue weighted by Gasteiger charge is 2.10. The number of hydrogen-bond donors (Lipinski definition) is 2. The van der Waals surface area contributed by atoms with Crippen molar-refractivity contribution in [3.05, 3.63) is 58.9 Å². The fourth-order valence-corrected chi connectivity index (χ4v) is 1.98. The number of pyridine rings is 1. The predicted octanol–water partition coefficient (Wildman–Crippen LogP) is 2.29. The molecule has 0 spiro atoms. The quantitative estimate of drug-likeness (QED) is 0.830. The van der Waals surface area contributed by atoms with Gasteiger partial charge in [0.05, 0.1) is 0 Å². The zero-order valence-corrected chi connectivity index (χ0v) is 12.0. The second-order valence-electron chi connectivity index (χ2n) is 4.67. The highest BCUT2D eigenvalue weighted by molar-refractivity contribution is 6.03. The number of benzene rings is 1. The number of carbonyl (C=O) groups is 1. The van der Waals surface area contributed by atoms with Crippen molar-refractivity contribution in [2.45, 2.75) is 13.8 Å². The summed E-state index contributed by atoms with van der Waals surface area (Å²) in [7, 11) is 0. The first-order chi connectivity index (χ1) is 10.1. The molecule has 0 aliphatic rings. The van der Waals surface area contributed by atoms with Crippen molar-refractivity contribution in [1.29, 1.82) is 0 Å². The first-order valence-electron chi connectivity index (χ1n) is 6.54. The average Bonchev–Trinajstić information content (AvgIpc) is 2.45. The SMILES string of the molecule is Cc1cc(C#CCO)cc(NC(=O)c2ncccc2C)c1. The Bertz CT molecular complexity index is 727. The van der Waals surface area contributed by atoms with E-state index < -0.39 is 0 Å². The van der Waals surface area contributed by atoms with E-state index in [1.165, 1.54) is 0 Å². The van der Waals surface area contributed by atoms with Gasteiger partial charge in [0, 0.05) is 17.4 Å². The van der Waals surface area contributed by atoms with Crippen LogP contribution in [0.3, 0.4) is 0 Å². The molecule has 2 rings (SSSR count). The normalized spacial score (nSPS) is 9.67. The molecule has 2 aromatic rings. The van der Waals surface area contributed by atoms with E-state index in [1.807, 2.05) is 32.0 Å². The first-order valence-corrected chi connectivity index (χ1v) is 6.54. The number of carbonyl (C=O) groups excluding carboxylic acids is 1.